The standard InChI is InChI=1S/C5H10Cl2/c1-4(3-6)5(2)7/h4-5H,3H2,1-2H3. The fourth-order valence-electron chi connectivity index (χ4n) is 0.123. The number of rotatable bonds is 2. The molecule has 0 heterocycles. The predicted octanol–water partition coefficient (Wildman–Crippen LogP) is 2.49. The van der Waals surface area contributed by atoms with Gasteiger partial charge in [-0.05, 0) is 12.8 Å². The molecule has 0 aliphatic carbocycles. The maximum absolute atomic E-state index is 5.64. The van der Waals surface area contributed by atoms with Crippen molar-refractivity contribution in [2.24, 2.45) is 5.92 Å². The van der Waals surface area contributed by atoms with Gasteiger partial charge in [0.2, 0.25) is 0 Å². The molecule has 2 heteroatoms. The summed E-state index contributed by atoms with van der Waals surface area (Å²) in [6, 6.07) is 0. The van der Waals surface area contributed by atoms with Crippen LogP contribution in [-0.4, -0.2) is 11.3 Å². The van der Waals surface area contributed by atoms with Crippen molar-refractivity contribution in [1.82, 2.24) is 0 Å². The molecular formula is C5H10Cl2. The Bertz CT molecular complexity index is 43.3. The molecule has 0 rings (SSSR count). The van der Waals surface area contributed by atoms with Crippen molar-refractivity contribution in [3.63, 3.8) is 0 Å². The van der Waals surface area contributed by atoms with Crippen LogP contribution in [0.5, 0.6) is 0 Å². The third kappa shape index (κ3) is 3.19. The topological polar surface area (TPSA) is 0 Å². The first-order chi connectivity index (χ1) is 3.18. The van der Waals surface area contributed by atoms with Crippen LogP contribution < -0.4 is 0 Å². The Morgan fingerprint density at radius 1 is 1.43 bits per heavy atom. The highest BCUT2D eigenvalue weighted by Gasteiger charge is 2.04. The normalized spacial score (nSPS) is 18.9. The van der Waals surface area contributed by atoms with Gasteiger partial charge in [-0.2, -0.15) is 0 Å². The summed E-state index contributed by atoms with van der Waals surface area (Å²) in [6.07, 6.45) is 0. The van der Waals surface area contributed by atoms with Crippen molar-refractivity contribution < 1.29 is 0 Å². The molecule has 7 heavy (non-hydrogen) atoms. The molecule has 0 aromatic rings. The third-order valence-corrected chi connectivity index (χ3v) is 1.94. The highest BCUT2D eigenvalue weighted by atomic mass is 35.5. The van der Waals surface area contributed by atoms with Crippen LogP contribution in [0, 0.1) is 5.92 Å². The van der Waals surface area contributed by atoms with Gasteiger partial charge in [0.1, 0.15) is 0 Å². The first kappa shape index (κ1) is 7.58. The Balaban J connectivity index is 3.14. The molecule has 0 aromatic carbocycles. The van der Waals surface area contributed by atoms with Crippen molar-refractivity contribution >= 4 is 23.2 Å². The number of alkyl halides is 2. The second-order valence-corrected chi connectivity index (χ2v) is 2.81. The van der Waals surface area contributed by atoms with Crippen LogP contribution in [-0.2, 0) is 0 Å². The van der Waals surface area contributed by atoms with Crippen molar-refractivity contribution in [2.45, 2.75) is 19.2 Å². The molecule has 0 saturated carbocycles. The van der Waals surface area contributed by atoms with Crippen LogP contribution in [0.4, 0.5) is 0 Å². The second-order valence-electron chi connectivity index (χ2n) is 1.81. The molecule has 0 bridgehead atoms. The van der Waals surface area contributed by atoms with Crippen LogP contribution in [0.2, 0.25) is 0 Å². The minimum atomic E-state index is 0.206. The molecule has 0 radical (unpaired) electrons. The molecule has 0 aliphatic rings. The highest BCUT2D eigenvalue weighted by Crippen LogP contribution is 2.09. The average Bonchev–Trinajstić information content (AvgIpc) is 1.65. The van der Waals surface area contributed by atoms with E-state index in [0.29, 0.717) is 11.8 Å². The zero-order chi connectivity index (χ0) is 5.86. The summed E-state index contributed by atoms with van der Waals surface area (Å²) in [5.41, 5.74) is 0. The lowest BCUT2D eigenvalue weighted by atomic mass is 10.1. The first-order valence-electron chi connectivity index (χ1n) is 2.38. The highest BCUT2D eigenvalue weighted by molar-refractivity contribution is 6.22. The summed E-state index contributed by atoms with van der Waals surface area (Å²) < 4.78 is 0. The van der Waals surface area contributed by atoms with Crippen LogP contribution in [0.15, 0.2) is 0 Å². The van der Waals surface area contributed by atoms with Gasteiger partial charge in [-0.1, -0.05) is 6.92 Å². The van der Waals surface area contributed by atoms with Crippen molar-refractivity contribution in [3.05, 3.63) is 0 Å². The molecule has 0 nitrogen and oxygen atoms in total. The minimum Gasteiger partial charge on any atom is -0.126 e. The second kappa shape index (κ2) is 3.57. The van der Waals surface area contributed by atoms with E-state index in [4.69, 9.17) is 23.2 Å². The Hall–Kier alpha value is 0.580. The van der Waals surface area contributed by atoms with Crippen LogP contribution in [0.25, 0.3) is 0 Å². The van der Waals surface area contributed by atoms with Gasteiger partial charge in [0.05, 0.1) is 0 Å². The summed E-state index contributed by atoms with van der Waals surface area (Å²) in [6.45, 7) is 3.99. The van der Waals surface area contributed by atoms with Crippen LogP contribution in [0.3, 0.4) is 0 Å². The molecule has 44 valence electrons. The molecule has 0 amide bonds. The summed E-state index contributed by atoms with van der Waals surface area (Å²) in [5, 5.41) is 0.206. The van der Waals surface area contributed by atoms with E-state index in [1.165, 1.54) is 0 Å². The summed E-state index contributed by atoms with van der Waals surface area (Å²) in [5.74, 6) is 1.09. The summed E-state index contributed by atoms with van der Waals surface area (Å²) >= 11 is 11.1. The van der Waals surface area contributed by atoms with E-state index in [2.05, 4.69) is 0 Å². The smallest absolute Gasteiger partial charge is 0.0344 e. The Morgan fingerprint density at radius 2 is 1.86 bits per heavy atom. The fourth-order valence-corrected chi connectivity index (χ4v) is 0.570. The zero-order valence-electron chi connectivity index (χ0n) is 4.62. The molecule has 0 fully saturated rings. The molecule has 0 N–H and O–H groups in total. The molecule has 2 unspecified atom stereocenters. The van der Waals surface area contributed by atoms with Gasteiger partial charge in [-0.3, -0.25) is 0 Å². The molecule has 0 aliphatic heterocycles. The Labute approximate surface area is 54.8 Å². The lowest BCUT2D eigenvalue weighted by Crippen LogP contribution is -2.07. The van der Waals surface area contributed by atoms with Gasteiger partial charge in [0.25, 0.3) is 0 Å². The maximum Gasteiger partial charge on any atom is 0.0344 e. The minimum absolute atomic E-state index is 0.206. The van der Waals surface area contributed by atoms with Gasteiger partial charge < -0.3 is 0 Å². The largest absolute Gasteiger partial charge is 0.126 e. The lowest BCUT2D eigenvalue weighted by molar-refractivity contribution is 0.642. The van der Waals surface area contributed by atoms with E-state index in [-0.39, 0.29) is 5.38 Å². The number of hydrogen-bond acceptors (Lipinski definition) is 0. The van der Waals surface area contributed by atoms with Gasteiger partial charge in [-0.15, -0.1) is 23.2 Å². The monoisotopic (exact) mass is 140 g/mol. The van der Waals surface area contributed by atoms with Gasteiger partial charge >= 0.3 is 0 Å². The first-order valence-corrected chi connectivity index (χ1v) is 3.35. The van der Waals surface area contributed by atoms with Gasteiger partial charge in [0.15, 0.2) is 0 Å². The van der Waals surface area contributed by atoms with Crippen molar-refractivity contribution in [2.75, 3.05) is 5.88 Å². The molecule has 0 saturated heterocycles. The molecule has 0 spiro atoms. The molecular weight excluding hydrogens is 131 g/mol. The van der Waals surface area contributed by atoms with Crippen molar-refractivity contribution in [1.29, 1.82) is 0 Å². The summed E-state index contributed by atoms with van der Waals surface area (Å²) in [7, 11) is 0. The van der Waals surface area contributed by atoms with E-state index < -0.39 is 0 Å². The van der Waals surface area contributed by atoms with Gasteiger partial charge in [-0.25, -0.2) is 0 Å². The molecule has 0 aromatic heterocycles. The van der Waals surface area contributed by atoms with Gasteiger partial charge in [0, 0.05) is 11.3 Å². The fraction of sp³-hybridized carbons (Fsp3) is 1.00. The maximum atomic E-state index is 5.64. The Kier molecular flexibility index (Phi) is 3.86. The molecule has 2 atom stereocenters. The Morgan fingerprint density at radius 3 is 1.86 bits per heavy atom. The van der Waals surface area contributed by atoms with E-state index in [1.54, 1.807) is 0 Å². The van der Waals surface area contributed by atoms with E-state index in [9.17, 15) is 0 Å². The van der Waals surface area contributed by atoms with E-state index in [1.807, 2.05) is 13.8 Å². The van der Waals surface area contributed by atoms with E-state index in [0.717, 1.165) is 0 Å². The average molecular weight is 141 g/mol. The predicted molar refractivity (Wildman–Crippen MR) is 35.2 cm³/mol. The lowest BCUT2D eigenvalue weighted by Gasteiger charge is -2.06. The van der Waals surface area contributed by atoms with Crippen LogP contribution >= 0.6 is 23.2 Å². The zero-order valence-corrected chi connectivity index (χ0v) is 6.13. The quantitative estimate of drug-likeness (QED) is 0.518. The third-order valence-electron chi connectivity index (χ3n) is 1.03. The van der Waals surface area contributed by atoms with E-state index >= 15 is 0 Å². The number of hydrogen-bond donors (Lipinski definition) is 0. The summed E-state index contributed by atoms with van der Waals surface area (Å²) in [4.78, 5) is 0. The SMILES string of the molecule is CC(Cl)C(C)CCl. The number of halogens is 2. The van der Waals surface area contributed by atoms with Crippen LogP contribution in [0.1, 0.15) is 13.8 Å². The van der Waals surface area contributed by atoms with Crippen molar-refractivity contribution in [3.8, 4) is 0 Å².